The number of para-hydroxylation sites is 1. The second kappa shape index (κ2) is 7.09. The molecule has 0 spiro atoms. The molecule has 1 aromatic carbocycles. The van der Waals surface area contributed by atoms with E-state index in [1.165, 1.54) is 18.4 Å². The molecule has 1 aromatic rings. The van der Waals surface area contributed by atoms with E-state index in [2.05, 4.69) is 43.2 Å². The van der Waals surface area contributed by atoms with Gasteiger partial charge < -0.3 is 10.1 Å². The van der Waals surface area contributed by atoms with Crippen LogP contribution >= 0.6 is 0 Å². The molecule has 1 N–H and O–H groups in total. The smallest absolute Gasteiger partial charge is 0.123 e. The molecular formula is C17H28N2O. The van der Waals surface area contributed by atoms with E-state index in [1.807, 2.05) is 12.1 Å². The molecule has 0 aliphatic heterocycles. The Morgan fingerprint density at radius 1 is 1.30 bits per heavy atom. The van der Waals surface area contributed by atoms with Gasteiger partial charge in [-0.25, -0.2) is 0 Å². The first-order chi connectivity index (χ1) is 9.61. The molecule has 1 saturated carbocycles. The molecule has 112 valence electrons. The van der Waals surface area contributed by atoms with Gasteiger partial charge in [0.15, 0.2) is 0 Å². The Kier molecular flexibility index (Phi) is 5.44. The van der Waals surface area contributed by atoms with E-state index in [0.717, 1.165) is 24.9 Å². The summed E-state index contributed by atoms with van der Waals surface area (Å²) in [6.45, 7) is 6.69. The van der Waals surface area contributed by atoms with Gasteiger partial charge in [-0.3, -0.25) is 4.90 Å². The van der Waals surface area contributed by atoms with Gasteiger partial charge in [-0.1, -0.05) is 25.1 Å². The molecule has 3 nitrogen and oxygen atoms in total. The first-order valence-electron chi connectivity index (χ1n) is 7.67. The lowest BCUT2D eigenvalue weighted by molar-refractivity contribution is 0.186. The summed E-state index contributed by atoms with van der Waals surface area (Å²) in [5.74, 6) is 1.63. The van der Waals surface area contributed by atoms with E-state index in [9.17, 15) is 0 Å². The first kappa shape index (κ1) is 15.3. The summed E-state index contributed by atoms with van der Waals surface area (Å²) in [7, 11) is 3.94. The lowest BCUT2D eigenvalue weighted by Gasteiger charge is -2.30. The first-order valence-corrected chi connectivity index (χ1v) is 7.67. The molecule has 0 heterocycles. The molecule has 1 aliphatic carbocycles. The van der Waals surface area contributed by atoms with Crippen molar-refractivity contribution in [1.29, 1.82) is 0 Å². The predicted molar refractivity (Wildman–Crippen MR) is 84.1 cm³/mol. The number of hydrogen-bond acceptors (Lipinski definition) is 3. The summed E-state index contributed by atoms with van der Waals surface area (Å²) in [5, 5.41) is 3.63. The van der Waals surface area contributed by atoms with Crippen molar-refractivity contribution in [1.82, 2.24) is 10.2 Å². The van der Waals surface area contributed by atoms with Crippen molar-refractivity contribution in [2.45, 2.75) is 45.3 Å². The number of nitrogens with one attached hydrogen (secondary N) is 1. The predicted octanol–water partition coefficient (Wildman–Crippen LogP) is 2.90. The van der Waals surface area contributed by atoms with Crippen LogP contribution in [0.3, 0.4) is 0 Å². The minimum atomic E-state index is 0.547. The highest BCUT2D eigenvalue weighted by atomic mass is 16.5. The van der Waals surface area contributed by atoms with Crippen LogP contribution in [0, 0.1) is 5.92 Å². The maximum atomic E-state index is 5.43. The summed E-state index contributed by atoms with van der Waals surface area (Å²) >= 11 is 0. The molecule has 20 heavy (non-hydrogen) atoms. The molecule has 1 aliphatic rings. The van der Waals surface area contributed by atoms with Gasteiger partial charge in [0.1, 0.15) is 5.75 Å². The van der Waals surface area contributed by atoms with Crippen LogP contribution in [0.25, 0.3) is 0 Å². The molecule has 3 heteroatoms. The zero-order valence-corrected chi connectivity index (χ0v) is 13.2. The van der Waals surface area contributed by atoms with Crippen molar-refractivity contribution >= 4 is 0 Å². The van der Waals surface area contributed by atoms with Crippen molar-refractivity contribution in [3.05, 3.63) is 29.8 Å². The lowest BCUT2D eigenvalue weighted by Crippen LogP contribution is -2.39. The fourth-order valence-electron chi connectivity index (χ4n) is 2.49. The summed E-state index contributed by atoms with van der Waals surface area (Å²) in [4.78, 5) is 2.41. The van der Waals surface area contributed by atoms with Crippen molar-refractivity contribution < 1.29 is 4.74 Å². The average Bonchev–Trinajstić information content (AvgIpc) is 3.28. The van der Waals surface area contributed by atoms with Crippen molar-refractivity contribution in [2.24, 2.45) is 5.92 Å². The van der Waals surface area contributed by atoms with Crippen molar-refractivity contribution in [2.75, 3.05) is 20.7 Å². The number of rotatable bonds is 8. The molecule has 0 amide bonds. The maximum absolute atomic E-state index is 5.43. The van der Waals surface area contributed by atoms with Crippen LogP contribution in [0.1, 0.15) is 32.3 Å². The van der Waals surface area contributed by atoms with Crippen LogP contribution < -0.4 is 10.1 Å². The highest BCUT2D eigenvalue weighted by molar-refractivity contribution is 5.33. The number of benzene rings is 1. The topological polar surface area (TPSA) is 24.5 Å². The largest absolute Gasteiger partial charge is 0.496 e. The molecule has 0 radical (unpaired) electrons. The molecule has 0 bridgehead atoms. The summed E-state index contributed by atoms with van der Waals surface area (Å²) in [6.07, 6.45) is 2.72. The summed E-state index contributed by atoms with van der Waals surface area (Å²) < 4.78 is 5.43. The van der Waals surface area contributed by atoms with Gasteiger partial charge in [-0.05, 0) is 45.3 Å². The standard InChI is InChI=1S/C17H28N2O/c1-13(11-18-16-9-10-16)14(2)19(3)12-15-7-5-6-8-17(15)20-4/h5-8,13-14,16,18H,9-12H2,1-4H3. The Bertz CT molecular complexity index is 417. The van der Waals surface area contributed by atoms with Crippen LogP contribution in [0.5, 0.6) is 5.75 Å². The fraction of sp³-hybridized carbons (Fsp3) is 0.647. The van der Waals surface area contributed by atoms with Crippen LogP contribution in [0.4, 0.5) is 0 Å². The molecule has 0 saturated heterocycles. The van der Waals surface area contributed by atoms with Gasteiger partial charge in [-0.15, -0.1) is 0 Å². The van der Waals surface area contributed by atoms with E-state index >= 15 is 0 Å². The number of nitrogens with zero attached hydrogens (tertiary/aromatic N) is 1. The minimum Gasteiger partial charge on any atom is -0.496 e. The molecule has 2 rings (SSSR count). The van der Waals surface area contributed by atoms with Gasteiger partial charge in [-0.2, -0.15) is 0 Å². The quantitative estimate of drug-likeness (QED) is 0.790. The van der Waals surface area contributed by atoms with Crippen molar-refractivity contribution in [3.8, 4) is 5.75 Å². The van der Waals surface area contributed by atoms with E-state index in [1.54, 1.807) is 7.11 Å². The van der Waals surface area contributed by atoms with Crippen molar-refractivity contribution in [3.63, 3.8) is 0 Å². The zero-order chi connectivity index (χ0) is 14.5. The fourth-order valence-corrected chi connectivity index (χ4v) is 2.49. The van der Waals surface area contributed by atoms with Gasteiger partial charge in [0.25, 0.3) is 0 Å². The molecule has 2 unspecified atom stereocenters. The maximum Gasteiger partial charge on any atom is 0.123 e. The third-order valence-electron chi connectivity index (χ3n) is 4.44. The monoisotopic (exact) mass is 276 g/mol. The zero-order valence-electron chi connectivity index (χ0n) is 13.2. The Morgan fingerprint density at radius 2 is 2.00 bits per heavy atom. The Morgan fingerprint density at radius 3 is 2.65 bits per heavy atom. The second-order valence-corrected chi connectivity index (χ2v) is 6.13. The molecule has 1 fully saturated rings. The normalized spacial score (nSPS) is 18.1. The van der Waals surface area contributed by atoms with E-state index < -0.39 is 0 Å². The minimum absolute atomic E-state index is 0.547. The Labute approximate surface area is 123 Å². The lowest BCUT2D eigenvalue weighted by atomic mass is 10.0. The van der Waals surface area contributed by atoms with Gasteiger partial charge in [0.2, 0.25) is 0 Å². The summed E-state index contributed by atoms with van der Waals surface area (Å²) in [5.41, 5.74) is 1.26. The van der Waals surface area contributed by atoms with Crippen LogP contribution in [0.2, 0.25) is 0 Å². The average molecular weight is 276 g/mol. The Hall–Kier alpha value is -1.06. The Balaban J connectivity index is 1.86. The molecular weight excluding hydrogens is 248 g/mol. The SMILES string of the molecule is COc1ccccc1CN(C)C(C)C(C)CNC1CC1. The highest BCUT2D eigenvalue weighted by Gasteiger charge is 2.23. The number of methoxy groups -OCH3 is 1. The van der Waals surface area contributed by atoms with E-state index in [4.69, 9.17) is 4.74 Å². The van der Waals surface area contributed by atoms with E-state index in [-0.39, 0.29) is 0 Å². The third kappa shape index (κ3) is 4.22. The van der Waals surface area contributed by atoms with Crippen LogP contribution in [0.15, 0.2) is 24.3 Å². The van der Waals surface area contributed by atoms with Gasteiger partial charge in [0.05, 0.1) is 7.11 Å². The third-order valence-corrected chi connectivity index (χ3v) is 4.44. The van der Waals surface area contributed by atoms with E-state index in [0.29, 0.717) is 12.0 Å². The van der Waals surface area contributed by atoms with Crippen LogP contribution in [-0.4, -0.2) is 37.7 Å². The second-order valence-electron chi connectivity index (χ2n) is 6.13. The molecule has 2 atom stereocenters. The highest BCUT2D eigenvalue weighted by Crippen LogP contribution is 2.22. The van der Waals surface area contributed by atoms with Crippen LogP contribution in [-0.2, 0) is 6.54 Å². The van der Waals surface area contributed by atoms with Gasteiger partial charge >= 0.3 is 0 Å². The molecule has 0 aromatic heterocycles. The summed E-state index contributed by atoms with van der Waals surface area (Å²) in [6, 6.07) is 9.62. The number of hydrogen-bond donors (Lipinski definition) is 1. The number of ether oxygens (including phenoxy) is 1. The van der Waals surface area contributed by atoms with Gasteiger partial charge in [0, 0.05) is 24.2 Å².